The molecule has 0 spiro atoms. The summed E-state index contributed by atoms with van der Waals surface area (Å²) >= 11 is 0. The Morgan fingerprint density at radius 1 is 0.944 bits per heavy atom. The molecule has 0 saturated carbocycles. The maximum absolute atomic E-state index is 12.5. The molecule has 2 heterocycles. The number of aromatic nitrogens is 3. The lowest BCUT2D eigenvalue weighted by Gasteiger charge is -2.43. The molecular formula is C22H25N3O11. The van der Waals surface area contributed by atoms with Crippen LogP contribution in [0, 0.1) is 12.1 Å². The first-order valence-corrected chi connectivity index (χ1v) is 10.8. The van der Waals surface area contributed by atoms with E-state index in [1.807, 2.05) is 0 Å². The summed E-state index contributed by atoms with van der Waals surface area (Å²) < 4.78 is 32.4. The van der Waals surface area contributed by atoms with Gasteiger partial charge < -0.3 is 33.6 Å². The van der Waals surface area contributed by atoms with E-state index in [0.717, 1.165) is 33.3 Å². The SMILES string of the molecule is CC(=O)OC[C@@H]1O[C@@H](Oc2nc3ccc(C)cc3[n+]([O-])n2)[C@H](OC(C)=O)[C@H](OC(C)=O)[C@@H]1OC(C)=O. The highest BCUT2D eigenvalue weighted by Crippen LogP contribution is 2.30. The van der Waals surface area contributed by atoms with Crippen molar-refractivity contribution >= 4 is 34.9 Å². The van der Waals surface area contributed by atoms with Crippen molar-refractivity contribution in [3.63, 3.8) is 0 Å². The molecule has 1 aromatic carbocycles. The summed E-state index contributed by atoms with van der Waals surface area (Å²) in [4.78, 5) is 51.5. The van der Waals surface area contributed by atoms with Crippen LogP contribution in [0.5, 0.6) is 6.01 Å². The third-order valence-electron chi connectivity index (χ3n) is 4.90. The Morgan fingerprint density at radius 3 is 2.17 bits per heavy atom. The maximum atomic E-state index is 12.5. The number of hydrogen-bond acceptors (Lipinski definition) is 13. The lowest BCUT2D eigenvalue weighted by Crippen LogP contribution is -2.63. The minimum atomic E-state index is -1.56. The van der Waals surface area contributed by atoms with Crippen LogP contribution < -0.4 is 9.58 Å². The van der Waals surface area contributed by atoms with Crippen LogP contribution in [-0.2, 0) is 42.9 Å². The first-order chi connectivity index (χ1) is 16.9. The second-order valence-corrected chi connectivity index (χ2v) is 7.94. The smallest absolute Gasteiger partial charge is 0.383 e. The van der Waals surface area contributed by atoms with Gasteiger partial charge in [-0.15, -0.1) is 0 Å². The second kappa shape index (κ2) is 11.1. The molecule has 0 unspecified atom stereocenters. The number of hydrogen-bond donors (Lipinski definition) is 0. The first-order valence-electron chi connectivity index (χ1n) is 10.8. The molecule has 1 saturated heterocycles. The van der Waals surface area contributed by atoms with Crippen molar-refractivity contribution in [2.45, 2.75) is 65.3 Å². The lowest BCUT2D eigenvalue weighted by atomic mass is 9.98. The molecule has 1 fully saturated rings. The Labute approximate surface area is 204 Å². The molecule has 0 radical (unpaired) electrons. The summed E-state index contributed by atoms with van der Waals surface area (Å²) in [7, 11) is 0. The molecule has 0 aliphatic carbocycles. The zero-order valence-electron chi connectivity index (χ0n) is 20.2. The van der Waals surface area contributed by atoms with E-state index in [1.165, 1.54) is 0 Å². The number of benzene rings is 1. The Morgan fingerprint density at radius 2 is 1.56 bits per heavy atom. The van der Waals surface area contributed by atoms with Gasteiger partial charge in [0.05, 0.1) is 5.10 Å². The monoisotopic (exact) mass is 507 g/mol. The summed E-state index contributed by atoms with van der Waals surface area (Å²) in [5, 5.41) is 16.2. The predicted octanol–water partition coefficient (Wildman–Crippen LogP) is 0.0335. The molecule has 0 bridgehead atoms. The van der Waals surface area contributed by atoms with Gasteiger partial charge in [-0.25, -0.2) is 0 Å². The van der Waals surface area contributed by atoms with Gasteiger partial charge in [-0.2, -0.15) is 4.98 Å². The Bertz CT molecular complexity index is 1170. The Hall–Kier alpha value is -4.07. The van der Waals surface area contributed by atoms with Crippen LogP contribution in [0.25, 0.3) is 11.0 Å². The summed E-state index contributed by atoms with van der Waals surface area (Å²) in [5.41, 5.74) is 1.25. The summed E-state index contributed by atoms with van der Waals surface area (Å²) in [6, 6.07) is 4.46. The third-order valence-corrected chi connectivity index (χ3v) is 4.90. The number of nitrogens with zero attached hydrogens (tertiary/aromatic N) is 3. The Balaban J connectivity index is 2.03. The van der Waals surface area contributed by atoms with Gasteiger partial charge in [0.25, 0.3) is 5.52 Å². The van der Waals surface area contributed by atoms with Crippen LogP contribution in [0.2, 0.25) is 0 Å². The normalized spacial score (nSPS) is 23.4. The molecule has 2 aromatic rings. The number of aryl methyl sites for hydroxylation is 1. The molecule has 36 heavy (non-hydrogen) atoms. The maximum Gasteiger partial charge on any atom is 0.383 e. The topological polar surface area (TPSA) is 176 Å². The molecule has 1 aromatic heterocycles. The van der Waals surface area contributed by atoms with Crippen LogP contribution in [-0.4, -0.2) is 71.3 Å². The molecule has 0 amide bonds. The molecule has 14 nitrogen and oxygen atoms in total. The van der Waals surface area contributed by atoms with E-state index in [-0.39, 0.29) is 11.0 Å². The van der Waals surface area contributed by atoms with Crippen molar-refractivity contribution in [1.29, 1.82) is 0 Å². The number of rotatable bonds is 7. The van der Waals surface area contributed by atoms with Crippen molar-refractivity contribution in [1.82, 2.24) is 10.1 Å². The molecule has 194 valence electrons. The van der Waals surface area contributed by atoms with Crippen LogP contribution in [0.4, 0.5) is 0 Å². The largest absolute Gasteiger partial charge is 0.594 e. The van der Waals surface area contributed by atoms with Crippen molar-refractivity contribution < 1.29 is 52.4 Å². The number of esters is 4. The van der Waals surface area contributed by atoms with E-state index in [0.29, 0.717) is 4.85 Å². The number of carbonyl (C=O) groups is 4. The third kappa shape index (κ3) is 6.53. The zero-order valence-corrected chi connectivity index (χ0v) is 20.2. The molecule has 3 rings (SSSR count). The molecular weight excluding hydrogens is 482 g/mol. The van der Waals surface area contributed by atoms with Crippen molar-refractivity contribution in [3.05, 3.63) is 29.0 Å². The highest BCUT2D eigenvalue weighted by molar-refractivity contribution is 5.71. The highest BCUT2D eigenvalue weighted by atomic mass is 16.7. The van der Waals surface area contributed by atoms with E-state index in [9.17, 15) is 24.4 Å². The van der Waals surface area contributed by atoms with E-state index >= 15 is 0 Å². The molecule has 5 atom stereocenters. The number of ether oxygens (including phenoxy) is 6. The van der Waals surface area contributed by atoms with Crippen LogP contribution in [0.1, 0.15) is 33.3 Å². The number of carbonyl (C=O) groups excluding carboxylic acids is 4. The van der Waals surface area contributed by atoms with Gasteiger partial charge in [-0.3, -0.25) is 19.2 Å². The quantitative estimate of drug-likeness (QED) is 0.212. The van der Waals surface area contributed by atoms with Gasteiger partial charge in [0.15, 0.2) is 12.2 Å². The van der Waals surface area contributed by atoms with Crippen LogP contribution >= 0.6 is 0 Å². The fourth-order valence-corrected chi connectivity index (χ4v) is 3.58. The predicted molar refractivity (Wildman–Crippen MR) is 116 cm³/mol. The summed E-state index contributed by atoms with van der Waals surface area (Å²) in [5.74, 6) is -3.03. The van der Waals surface area contributed by atoms with Gasteiger partial charge in [0, 0.05) is 33.8 Å². The fraction of sp³-hybridized carbons (Fsp3) is 0.500. The van der Waals surface area contributed by atoms with Gasteiger partial charge >= 0.3 is 29.9 Å². The van der Waals surface area contributed by atoms with Crippen molar-refractivity contribution in [2.24, 2.45) is 0 Å². The van der Waals surface area contributed by atoms with Crippen LogP contribution in [0.3, 0.4) is 0 Å². The van der Waals surface area contributed by atoms with Crippen LogP contribution in [0.15, 0.2) is 18.2 Å². The van der Waals surface area contributed by atoms with Crippen molar-refractivity contribution in [2.75, 3.05) is 6.61 Å². The minimum absolute atomic E-state index is 0.184. The zero-order chi connectivity index (χ0) is 26.6. The van der Waals surface area contributed by atoms with E-state index in [4.69, 9.17) is 28.4 Å². The molecule has 1 aliphatic heterocycles. The summed E-state index contributed by atoms with van der Waals surface area (Å²) in [6.45, 7) is 5.80. The van der Waals surface area contributed by atoms with E-state index in [2.05, 4.69) is 10.1 Å². The minimum Gasteiger partial charge on any atom is -0.594 e. The number of fused-ring (bicyclic) bond motifs is 1. The van der Waals surface area contributed by atoms with Gasteiger partial charge in [0.2, 0.25) is 12.4 Å². The Kier molecular flexibility index (Phi) is 8.19. The summed E-state index contributed by atoms with van der Waals surface area (Å²) in [6.07, 6.45) is -7.05. The van der Waals surface area contributed by atoms with Gasteiger partial charge in [0.1, 0.15) is 18.2 Å². The highest BCUT2D eigenvalue weighted by Gasteiger charge is 2.53. The van der Waals surface area contributed by atoms with Gasteiger partial charge in [-0.05, 0) is 23.4 Å². The van der Waals surface area contributed by atoms with E-state index < -0.39 is 67.2 Å². The van der Waals surface area contributed by atoms with Crippen molar-refractivity contribution in [3.8, 4) is 6.01 Å². The molecule has 14 heteroatoms. The molecule has 0 N–H and O–H groups in total. The average Bonchev–Trinajstić information content (AvgIpc) is 2.76. The van der Waals surface area contributed by atoms with E-state index in [1.54, 1.807) is 25.1 Å². The first kappa shape index (κ1) is 26.5. The lowest BCUT2D eigenvalue weighted by molar-refractivity contribution is -0.644. The standard InChI is InChI=1S/C22H25N3O11/c1-10-6-7-15-16(8-10)25(30)24-22(23-15)36-21-20(34-14(5)29)19(33-13(4)28)18(32-12(3)27)17(35-21)9-31-11(2)26/h6-8,17-21H,9H2,1-5H3/t17-,18+,19+,20+,21-/m0/s1. The van der Waals surface area contributed by atoms with Gasteiger partial charge in [-0.1, -0.05) is 6.07 Å². The molecule has 1 aliphatic rings. The fourth-order valence-electron chi connectivity index (χ4n) is 3.58. The average molecular weight is 507 g/mol. The second-order valence-electron chi connectivity index (χ2n) is 7.94.